The molecule has 0 saturated carbocycles. The van der Waals surface area contributed by atoms with Crippen LogP contribution in [0.4, 0.5) is 14.5 Å². The Kier molecular flexibility index (Phi) is 4.36. The van der Waals surface area contributed by atoms with E-state index >= 15 is 0 Å². The minimum absolute atomic E-state index is 0.351. The fourth-order valence-corrected chi connectivity index (χ4v) is 2.74. The van der Waals surface area contributed by atoms with Gasteiger partial charge >= 0.3 is 5.76 Å². The van der Waals surface area contributed by atoms with Gasteiger partial charge in [0.05, 0.1) is 4.90 Å². The van der Waals surface area contributed by atoms with Crippen molar-refractivity contribution in [2.45, 2.75) is 17.1 Å². The number of hydrogen-bond donors (Lipinski definition) is 2. The molecule has 1 unspecified atom stereocenters. The largest absolute Gasteiger partial charge is 0.385 e. The predicted octanol–water partition coefficient (Wildman–Crippen LogP) is 1.70. The van der Waals surface area contributed by atoms with E-state index in [1.807, 2.05) is 0 Å². The van der Waals surface area contributed by atoms with Crippen molar-refractivity contribution in [3.05, 3.63) is 24.3 Å². The lowest BCUT2D eigenvalue weighted by atomic mass is 10.1. The van der Waals surface area contributed by atoms with Gasteiger partial charge < -0.3 is 10.6 Å². The van der Waals surface area contributed by atoms with Crippen LogP contribution in [0.15, 0.2) is 29.2 Å². The van der Waals surface area contributed by atoms with Gasteiger partial charge in [-0.3, -0.25) is 0 Å². The highest BCUT2D eigenvalue weighted by Gasteiger charge is 2.26. The maximum absolute atomic E-state index is 12.3. The molecule has 1 aliphatic rings. The van der Waals surface area contributed by atoms with Gasteiger partial charge in [0.25, 0.3) is 0 Å². The first kappa shape index (κ1) is 14.2. The molecule has 0 aromatic heterocycles. The molecule has 1 heterocycles. The second-order valence-electron chi connectivity index (χ2n) is 4.57. The van der Waals surface area contributed by atoms with E-state index in [1.165, 1.54) is 24.3 Å². The summed E-state index contributed by atoms with van der Waals surface area (Å²) in [6.45, 7) is 2.76. The lowest BCUT2D eigenvalue weighted by Gasteiger charge is -2.11. The summed E-state index contributed by atoms with van der Waals surface area (Å²) in [7, 11) is -4.50. The number of sulfone groups is 1. The number of benzene rings is 1. The van der Waals surface area contributed by atoms with Crippen LogP contribution in [-0.2, 0) is 9.84 Å². The number of rotatable bonds is 5. The number of alkyl halides is 2. The van der Waals surface area contributed by atoms with E-state index in [4.69, 9.17) is 0 Å². The van der Waals surface area contributed by atoms with Crippen LogP contribution < -0.4 is 10.6 Å². The molecule has 2 N–H and O–H groups in total. The molecule has 0 bridgehead atoms. The quantitative estimate of drug-likeness (QED) is 0.866. The van der Waals surface area contributed by atoms with Crippen LogP contribution in [0.1, 0.15) is 6.42 Å². The molecule has 19 heavy (non-hydrogen) atoms. The molecule has 1 fully saturated rings. The molecule has 1 aromatic carbocycles. The molecule has 7 heteroatoms. The van der Waals surface area contributed by atoms with Crippen molar-refractivity contribution in [1.82, 2.24) is 5.32 Å². The highest BCUT2D eigenvalue weighted by Crippen LogP contribution is 2.20. The van der Waals surface area contributed by atoms with Crippen molar-refractivity contribution in [2.75, 3.05) is 25.0 Å². The minimum atomic E-state index is -4.50. The molecule has 1 atom stereocenters. The Balaban J connectivity index is 1.98. The Morgan fingerprint density at radius 2 is 2.00 bits per heavy atom. The van der Waals surface area contributed by atoms with Crippen LogP contribution in [0.2, 0.25) is 0 Å². The Bertz CT molecular complexity index is 511. The topological polar surface area (TPSA) is 58.2 Å². The van der Waals surface area contributed by atoms with Crippen LogP contribution in [0, 0.1) is 5.92 Å². The van der Waals surface area contributed by atoms with Gasteiger partial charge in [0.15, 0.2) is 0 Å². The summed E-state index contributed by atoms with van der Waals surface area (Å²) in [6, 6.07) is 5.43. The summed E-state index contributed by atoms with van der Waals surface area (Å²) in [6.07, 6.45) is 1.10. The standard InChI is InChI=1S/C12H16F2N2O2S/c13-12(14)19(17,18)11-3-1-10(2-4-11)16-8-9-5-6-15-7-9/h1-4,9,12,15-16H,5-8H2. The van der Waals surface area contributed by atoms with Gasteiger partial charge in [-0.2, -0.15) is 8.78 Å². The fourth-order valence-electron chi connectivity index (χ4n) is 2.02. The predicted molar refractivity (Wildman–Crippen MR) is 69.1 cm³/mol. The summed E-state index contributed by atoms with van der Waals surface area (Å²) in [4.78, 5) is -0.351. The molecule has 0 aliphatic carbocycles. The first-order chi connectivity index (χ1) is 9.00. The average molecular weight is 290 g/mol. The number of hydrogen-bond acceptors (Lipinski definition) is 4. The molecular formula is C12H16F2N2O2S. The van der Waals surface area contributed by atoms with Gasteiger partial charge in [-0.05, 0) is 49.7 Å². The first-order valence-corrected chi connectivity index (χ1v) is 7.61. The van der Waals surface area contributed by atoms with Gasteiger partial charge in [-0.15, -0.1) is 0 Å². The number of nitrogens with one attached hydrogen (secondary N) is 2. The van der Waals surface area contributed by atoms with E-state index in [1.54, 1.807) is 0 Å². The van der Waals surface area contributed by atoms with Crippen LogP contribution in [0.5, 0.6) is 0 Å². The Morgan fingerprint density at radius 1 is 1.32 bits per heavy atom. The Morgan fingerprint density at radius 3 is 2.53 bits per heavy atom. The zero-order chi connectivity index (χ0) is 13.9. The third-order valence-corrected chi connectivity index (χ3v) is 4.57. The van der Waals surface area contributed by atoms with E-state index in [0.717, 1.165) is 31.7 Å². The molecular weight excluding hydrogens is 274 g/mol. The molecule has 4 nitrogen and oxygen atoms in total. The van der Waals surface area contributed by atoms with Crippen LogP contribution in [-0.4, -0.2) is 33.8 Å². The summed E-state index contributed by atoms with van der Waals surface area (Å²) >= 11 is 0. The van der Waals surface area contributed by atoms with E-state index in [9.17, 15) is 17.2 Å². The third kappa shape index (κ3) is 3.42. The maximum atomic E-state index is 12.3. The van der Waals surface area contributed by atoms with Crippen LogP contribution >= 0.6 is 0 Å². The molecule has 106 valence electrons. The van der Waals surface area contributed by atoms with Gasteiger partial charge in [0.1, 0.15) is 0 Å². The van der Waals surface area contributed by atoms with Gasteiger partial charge in [0.2, 0.25) is 9.84 Å². The average Bonchev–Trinajstić information content (AvgIpc) is 2.90. The van der Waals surface area contributed by atoms with E-state index in [2.05, 4.69) is 10.6 Å². The molecule has 0 amide bonds. The summed E-state index contributed by atoms with van der Waals surface area (Å²) in [5.41, 5.74) is 0.736. The molecule has 2 rings (SSSR count). The highest BCUT2D eigenvalue weighted by molar-refractivity contribution is 7.91. The molecule has 0 spiro atoms. The molecule has 0 radical (unpaired) electrons. The van der Waals surface area contributed by atoms with Crippen molar-refractivity contribution < 1.29 is 17.2 Å². The Labute approximate surface area is 111 Å². The molecule has 1 aromatic rings. The van der Waals surface area contributed by atoms with Crippen LogP contribution in [0.25, 0.3) is 0 Å². The Hall–Kier alpha value is -1.21. The van der Waals surface area contributed by atoms with Crippen molar-refractivity contribution in [3.63, 3.8) is 0 Å². The smallest absolute Gasteiger partial charge is 0.341 e. The molecule has 1 saturated heterocycles. The van der Waals surface area contributed by atoms with E-state index in [0.29, 0.717) is 5.92 Å². The minimum Gasteiger partial charge on any atom is -0.385 e. The summed E-state index contributed by atoms with van der Waals surface area (Å²) in [5.74, 6) is -2.83. The third-order valence-electron chi connectivity index (χ3n) is 3.17. The summed E-state index contributed by atoms with van der Waals surface area (Å²) < 4.78 is 47.1. The highest BCUT2D eigenvalue weighted by atomic mass is 32.2. The normalized spacial score (nSPS) is 19.8. The SMILES string of the molecule is O=S(=O)(c1ccc(NCC2CCNC2)cc1)C(F)F. The summed E-state index contributed by atoms with van der Waals surface area (Å²) in [5, 5.41) is 6.42. The lowest BCUT2D eigenvalue weighted by Crippen LogP contribution is -2.17. The second kappa shape index (κ2) is 5.83. The van der Waals surface area contributed by atoms with Gasteiger partial charge in [-0.1, -0.05) is 0 Å². The number of anilines is 1. The van der Waals surface area contributed by atoms with Crippen LogP contribution in [0.3, 0.4) is 0 Å². The maximum Gasteiger partial charge on any atom is 0.341 e. The van der Waals surface area contributed by atoms with Crippen molar-refractivity contribution in [1.29, 1.82) is 0 Å². The first-order valence-electron chi connectivity index (χ1n) is 6.07. The van der Waals surface area contributed by atoms with Gasteiger partial charge in [0, 0.05) is 12.2 Å². The van der Waals surface area contributed by atoms with Crippen molar-refractivity contribution >= 4 is 15.5 Å². The monoisotopic (exact) mass is 290 g/mol. The van der Waals surface area contributed by atoms with E-state index < -0.39 is 15.6 Å². The van der Waals surface area contributed by atoms with Crippen molar-refractivity contribution in [2.24, 2.45) is 5.92 Å². The zero-order valence-electron chi connectivity index (χ0n) is 10.3. The molecule has 1 aliphatic heterocycles. The van der Waals surface area contributed by atoms with Crippen molar-refractivity contribution in [3.8, 4) is 0 Å². The number of halogens is 2. The van der Waals surface area contributed by atoms with Gasteiger partial charge in [-0.25, -0.2) is 8.42 Å². The fraction of sp³-hybridized carbons (Fsp3) is 0.500. The second-order valence-corrected chi connectivity index (χ2v) is 6.49. The van der Waals surface area contributed by atoms with E-state index in [-0.39, 0.29) is 4.90 Å². The lowest BCUT2D eigenvalue weighted by molar-refractivity contribution is 0.234. The zero-order valence-corrected chi connectivity index (χ0v) is 11.1.